The van der Waals surface area contributed by atoms with Gasteiger partial charge in [-0.1, -0.05) is 12.1 Å². The van der Waals surface area contributed by atoms with Gasteiger partial charge in [-0.25, -0.2) is 9.37 Å². The van der Waals surface area contributed by atoms with Crippen LogP contribution < -0.4 is 5.32 Å². The summed E-state index contributed by atoms with van der Waals surface area (Å²) >= 11 is 0. The number of rotatable bonds is 2. The largest absolute Gasteiger partial charge is 0.318 e. The molecule has 2 heterocycles. The summed E-state index contributed by atoms with van der Waals surface area (Å²) in [6.07, 6.45) is 3.21. The monoisotopic (exact) mass is 269 g/mol. The van der Waals surface area contributed by atoms with E-state index in [1.807, 2.05) is 13.0 Å². The van der Waals surface area contributed by atoms with Gasteiger partial charge in [0.25, 0.3) is 5.91 Å². The van der Waals surface area contributed by atoms with Gasteiger partial charge in [-0.3, -0.25) is 9.20 Å². The number of fused-ring (bicyclic) bond motifs is 1. The first-order chi connectivity index (χ1) is 9.65. The first kappa shape index (κ1) is 12.3. The van der Waals surface area contributed by atoms with Crippen molar-refractivity contribution in [3.05, 3.63) is 65.9 Å². The number of pyridine rings is 1. The second-order valence-corrected chi connectivity index (χ2v) is 4.51. The summed E-state index contributed by atoms with van der Waals surface area (Å²) in [7, 11) is 0. The first-order valence-electron chi connectivity index (χ1n) is 6.15. The Kier molecular flexibility index (Phi) is 2.95. The molecule has 0 aliphatic rings. The highest BCUT2D eigenvalue weighted by atomic mass is 19.1. The molecule has 100 valence electrons. The summed E-state index contributed by atoms with van der Waals surface area (Å²) < 4.78 is 15.3. The van der Waals surface area contributed by atoms with E-state index < -0.39 is 11.7 Å². The molecule has 0 fully saturated rings. The first-order valence-corrected chi connectivity index (χ1v) is 6.15. The number of anilines is 1. The van der Waals surface area contributed by atoms with Crippen LogP contribution in [-0.4, -0.2) is 15.3 Å². The van der Waals surface area contributed by atoms with Crippen molar-refractivity contribution in [1.82, 2.24) is 9.38 Å². The Morgan fingerprint density at radius 1 is 1.30 bits per heavy atom. The molecule has 0 bridgehead atoms. The van der Waals surface area contributed by atoms with Crippen molar-refractivity contribution in [2.45, 2.75) is 6.92 Å². The number of imidazole rings is 1. The van der Waals surface area contributed by atoms with E-state index in [1.54, 1.807) is 34.9 Å². The average Bonchev–Trinajstić information content (AvgIpc) is 2.87. The lowest BCUT2D eigenvalue weighted by atomic mass is 10.2. The number of aromatic nitrogens is 2. The minimum absolute atomic E-state index is 0.167. The van der Waals surface area contributed by atoms with Gasteiger partial charge in [-0.15, -0.1) is 0 Å². The lowest BCUT2D eigenvalue weighted by molar-refractivity contribution is 0.102. The van der Waals surface area contributed by atoms with E-state index >= 15 is 0 Å². The van der Waals surface area contributed by atoms with Crippen molar-refractivity contribution in [3.63, 3.8) is 0 Å². The van der Waals surface area contributed by atoms with E-state index in [0.717, 1.165) is 5.56 Å². The van der Waals surface area contributed by atoms with E-state index in [-0.39, 0.29) is 5.69 Å². The lowest BCUT2D eigenvalue weighted by Crippen LogP contribution is -2.15. The Bertz CT molecular complexity index is 795. The highest BCUT2D eigenvalue weighted by molar-refractivity contribution is 6.03. The highest BCUT2D eigenvalue weighted by Crippen LogP contribution is 2.17. The maximum atomic E-state index is 13.6. The standard InChI is InChI=1S/C15H12FN3O/c1-10-5-6-11(16)12(8-10)18-15(20)13-9-17-14-4-2-3-7-19(13)14/h2-9H,1H3,(H,18,20). The molecule has 0 saturated heterocycles. The number of carbonyl (C=O) groups is 1. The van der Waals surface area contributed by atoms with Crippen LogP contribution in [0.25, 0.3) is 5.65 Å². The van der Waals surface area contributed by atoms with Gasteiger partial charge >= 0.3 is 0 Å². The molecule has 3 rings (SSSR count). The molecule has 0 saturated carbocycles. The van der Waals surface area contributed by atoms with E-state index in [0.29, 0.717) is 11.3 Å². The minimum Gasteiger partial charge on any atom is -0.318 e. The number of carbonyl (C=O) groups excluding carboxylic acids is 1. The quantitative estimate of drug-likeness (QED) is 0.777. The number of nitrogens with one attached hydrogen (secondary N) is 1. The fraction of sp³-hybridized carbons (Fsp3) is 0.0667. The predicted octanol–water partition coefficient (Wildman–Crippen LogP) is 3.03. The summed E-state index contributed by atoms with van der Waals surface area (Å²) in [5, 5.41) is 2.57. The molecule has 0 unspecified atom stereocenters. The molecule has 0 aliphatic carbocycles. The van der Waals surface area contributed by atoms with Crippen LogP contribution in [0, 0.1) is 12.7 Å². The molecule has 3 aromatic rings. The van der Waals surface area contributed by atoms with Crippen LogP contribution >= 0.6 is 0 Å². The molecule has 0 aliphatic heterocycles. The van der Waals surface area contributed by atoms with Crippen LogP contribution in [0.3, 0.4) is 0 Å². The van der Waals surface area contributed by atoms with E-state index in [1.165, 1.54) is 12.3 Å². The van der Waals surface area contributed by atoms with Crippen molar-refractivity contribution in [2.24, 2.45) is 0 Å². The van der Waals surface area contributed by atoms with Crippen molar-refractivity contribution < 1.29 is 9.18 Å². The van der Waals surface area contributed by atoms with Crippen LogP contribution in [0.4, 0.5) is 10.1 Å². The molecule has 5 heteroatoms. The molecule has 20 heavy (non-hydrogen) atoms. The number of benzene rings is 1. The van der Waals surface area contributed by atoms with Gasteiger partial charge in [0.1, 0.15) is 17.2 Å². The molecule has 0 atom stereocenters. The number of hydrogen-bond acceptors (Lipinski definition) is 2. The zero-order valence-corrected chi connectivity index (χ0v) is 10.8. The van der Waals surface area contributed by atoms with Gasteiger partial charge in [-0.05, 0) is 36.8 Å². The van der Waals surface area contributed by atoms with Crippen molar-refractivity contribution >= 4 is 17.2 Å². The van der Waals surface area contributed by atoms with Crippen LogP contribution in [-0.2, 0) is 0 Å². The Morgan fingerprint density at radius 3 is 3.00 bits per heavy atom. The van der Waals surface area contributed by atoms with Gasteiger partial charge in [0.15, 0.2) is 0 Å². The molecule has 0 radical (unpaired) electrons. The predicted molar refractivity (Wildman–Crippen MR) is 74.3 cm³/mol. The van der Waals surface area contributed by atoms with Crippen LogP contribution in [0.2, 0.25) is 0 Å². The maximum Gasteiger partial charge on any atom is 0.274 e. The second kappa shape index (κ2) is 4.77. The summed E-state index contributed by atoms with van der Waals surface area (Å²) in [5.74, 6) is -0.856. The SMILES string of the molecule is Cc1ccc(F)c(NC(=O)c2cnc3ccccn23)c1. The number of nitrogens with zero attached hydrogens (tertiary/aromatic N) is 2. The number of amides is 1. The van der Waals surface area contributed by atoms with Gasteiger partial charge in [0.2, 0.25) is 0 Å². The van der Waals surface area contributed by atoms with Crippen molar-refractivity contribution in [3.8, 4) is 0 Å². The Balaban J connectivity index is 1.95. The third-order valence-electron chi connectivity index (χ3n) is 3.02. The Labute approximate surface area is 114 Å². The smallest absolute Gasteiger partial charge is 0.274 e. The number of hydrogen-bond donors (Lipinski definition) is 1. The molecular weight excluding hydrogens is 257 g/mol. The summed E-state index contributed by atoms with van der Waals surface area (Å²) in [4.78, 5) is 16.3. The maximum absolute atomic E-state index is 13.6. The van der Waals surface area contributed by atoms with Crippen LogP contribution in [0.15, 0.2) is 48.8 Å². The highest BCUT2D eigenvalue weighted by Gasteiger charge is 2.13. The van der Waals surface area contributed by atoms with Crippen LogP contribution in [0.5, 0.6) is 0 Å². The lowest BCUT2D eigenvalue weighted by Gasteiger charge is -2.07. The fourth-order valence-corrected chi connectivity index (χ4v) is 2.02. The normalized spacial score (nSPS) is 10.7. The zero-order chi connectivity index (χ0) is 14.1. The molecule has 1 aromatic carbocycles. The molecule has 1 N–H and O–H groups in total. The fourth-order valence-electron chi connectivity index (χ4n) is 2.02. The molecular formula is C15H12FN3O. The third-order valence-corrected chi connectivity index (χ3v) is 3.02. The van der Waals surface area contributed by atoms with Crippen molar-refractivity contribution in [2.75, 3.05) is 5.32 Å². The molecule has 1 amide bonds. The van der Waals surface area contributed by atoms with Gasteiger partial charge in [0.05, 0.1) is 11.9 Å². The average molecular weight is 269 g/mol. The third kappa shape index (κ3) is 2.14. The molecule has 2 aromatic heterocycles. The zero-order valence-electron chi connectivity index (χ0n) is 10.8. The van der Waals surface area contributed by atoms with Crippen LogP contribution in [0.1, 0.15) is 16.1 Å². The summed E-state index contributed by atoms with van der Waals surface area (Å²) in [5.41, 5.74) is 2.07. The van der Waals surface area contributed by atoms with Gasteiger partial charge < -0.3 is 5.32 Å². The Morgan fingerprint density at radius 2 is 2.15 bits per heavy atom. The minimum atomic E-state index is -0.460. The topological polar surface area (TPSA) is 46.4 Å². The Hall–Kier alpha value is -2.69. The van der Waals surface area contributed by atoms with E-state index in [2.05, 4.69) is 10.3 Å². The number of aryl methyl sites for hydroxylation is 1. The van der Waals surface area contributed by atoms with Gasteiger partial charge in [-0.2, -0.15) is 0 Å². The van der Waals surface area contributed by atoms with Crippen molar-refractivity contribution in [1.29, 1.82) is 0 Å². The summed E-state index contributed by atoms with van der Waals surface area (Å²) in [6, 6.07) is 10.0. The number of halogens is 1. The summed E-state index contributed by atoms with van der Waals surface area (Å²) in [6.45, 7) is 1.84. The second-order valence-electron chi connectivity index (χ2n) is 4.51. The van der Waals surface area contributed by atoms with Gasteiger partial charge in [0, 0.05) is 6.20 Å². The molecule has 0 spiro atoms. The van der Waals surface area contributed by atoms with E-state index in [9.17, 15) is 9.18 Å². The molecule has 4 nitrogen and oxygen atoms in total. The van der Waals surface area contributed by atoms with E-state index in [4.69, 9.17) is 0 Å².